The fourth-order valence-electron chi connectivity index (χ4n) is 3.30. The van der Waals surface area contributed by atoms with E-state index in [0.29, 0.717) is 4.90 Å². The van der Waals surface area contributed by atoms with Gasteiger partial charge in [-0.05, 0) is 24.6 Å². The van der Waals surface area contributed by atoms with E-state index in [9.17, 15) is 24.9 Å². The van der Waals surface area contributed by atoms with Crippen LogP contribution in [0.5, 0.6) is 0 Å². The Morgan fingerprint density at radius 2 is 2.06 bits per heavy atom. The lowest BCUT2D eigenvalue weighted by atomic mass is 9.89. The van der Waals surface area contributed by atoms with Crippen molar-refractivity contribution in [3.63, 3.8) is 0 Å². The molecular formula is C19H26N4O7S. The fraction of sp³-hybridized carbons (Fsp3) is 0.579. The summed E-state index contributed by atoms with van der Waals surface area (Å²) in [5, 5.41) is 37.4. The van der Waals surface area contributed by atoms with Gasteiger partial charge < -0.3 is 30.1 Å². The van der Waals surface area contributed by atoms with Gasteiger partial charge in [-0.15, -0.1) is 0 Å². The average molecular weight is 455 g/mol. The summed E-state index contributed by atoms with van der Waals surface area (Å²) in [5.41, 5.74) is 9.47. The second kappa shape index (κ2) is 10.8. The third-order valence-corrected chi connectivity index (χ3v) is 6.07. The number of azide groups is 1. The lowest BCUT2D eigenvalue weighted by molar-refractivity contribution is -0.204. The zero-order valence-corrected chi connectivity index (χ0v) is 18.2. The van der Waals surface area contributed by atoms with Gasteiger partial charge in [0, 0.05) is 23.2 Å². The van der Waals surface area contributed by atoms with Gasteiger partial charge in [-0.3, -0.25) is 4.79 Å². The SMILES string of the molecule is COC(=O)[C@]1(Sc2ccc(C)cc2)C[C@H](O)[C@@H](NC(C)=O)[C@H]([C@H](O)[C@H](O)CN=[N+]=[N-])O1. The van der Waals surface area contributed by atoms with Gasteiger partial charge in [0.2, 0.25) is 10.8 Å². The van der Waals surface area contributed by atoms with Crippen molar-refractivity contribution in [3.8, 4) is 0 Å². The number of hydrogen-bond donors (Lipinski definition) is 4. The van der Waals surface area contributed by atoms with Gasteiger partial charge in [-0.1, -0.05) is 34.6 Å². The number of aryl methyl sites for hydroxylation is 1. The predicted molar refractivity (Wildman–Crippen MR) is 111 cm³/mol. The number of amides is 1. The maximum absolute atomic E-state index is 12.8. The lowest BCUT2D eigenvalue weighted by Crippen LogP contribution is -2.66. The largest absolute Gasteiger partial charge is 0.466 e. The molecule has 1 aromatic rings. The van der Waals surface area contributed by atoms with Gasteiger partial charge in [0.1, 0.15) is 12.2 Å². The first-order valence-corrected chi connectivity index (χ1v) is 10.3. The topological polar surface area (TPSA) is 174 Å². The summed E-state index contributed by atoms with van der Waals surface area (Å²) in [7, 11) is 1.16. The molecule has 1 saturated heterocycles. The molecule has 6 atom stereocenters. The minimum absolute atomic E-state index is 0.251. The Morgan fingerprint density at radius 1 is 1.42 bits per heavy atom. The molecule has 1 aliphatic heterocycles. The molecule has 1 aromatic carbocycles. The van der Waals surface area contributed by atoms with Crippen molar-refractivity contribution in [2.45, 2.75) is 60.6 Å². The molecule has 0 spiro atoms. The second-order valence-electron chi connectivity index (χ2n) is 7.21. The quantitative estimate of drug-likeness (QED) is 0.192. The van der Waals surface area contributed by atoms with Crippen LogP contribution in [-0.2, 0) is 19.1 Å². The predicted octanol–water partition coefficient (Wildman–Crippen LogP) is 0.643. The Morgan fingerprint density at radius 3 is 2.61 bits per heavy atom. The van der Waals surface area contributed by atoms with Crippen LogP contribution in [-0.4, -0.2) is 76.2 Å². The van der Waals surface area contributed by atoms with E-state index in [-0.39, 0.29) is 6.42 Å². The highest BCUT2D eigenvalue weighted by atomic mass is 32.2. The summed E-state index contributed by atoms with van der Waals surface area (Å²) in [6, 6.07) is 6.07. The van der Waals surface area contributed by atoms with Crippen LogP contribution in [0.3, 0.4) is 0 Å². The van der Waals surface area contributed by atoms with Crippen LogP contribution in [0.15, 0.2) is 34.3 Å². The van der Waals surface area contributed by atoms with Gasteiger partial charge >= 0.3 is 5.97 Å². The molecule has 0 bridgehead atoms. The van der Waals surface area contributed by atoms with Crippen LogP contribution in [0, 0.1) is 6.92 Å². The van der Waals surface area contributed by atoms with Crippen LogP contribution in [0.1, 0.15) is 18.9 Å². The van der Waals surface area contributed by atoms with E-state index < -0.39 is 53.8 Å². The molecule has 0 aliphatic carbocycles. The van der Waals surface area contributed by atoms with Crippen LogP contribution in [0.25, 0.3) is 10.4 Å². The number of aliphatic hydroxyl groups is 3. The van der Waals surface area contributed by atoms with E-state index in [0.717, 1.165) is 24.4 Å². The van der Waals surface area contributed by atoms with Gasteiger partial charge in [-0.25, -0.2) is 4.79 Å². The van der Waals surface area contributed by atoms with E-state index in [1.165, 1.54) is 6.92 Å². The number of nitrogens with zero attached hydrogens (tertiary/aromatic N) is 3. The van der Waals surface area contributed by atoms with Crippen molar-refractivity contribution in [2.24, 2.45) is 5.11 Å². The molecule has 2 rings (SSSR count). The highest BCUT2D eigenvalue weighted by Crippen LogP contribution is 2.44. The number of methoxy groups -OCH3 is 1. The van der Waals surface area contributed by atoms with E-state index in [1.807, 2.05) is 19.1 Å². The zero-order chi connectivity index (χ0) is 23.2. The van der Waals surface area contributed by atoms with Crippen molar-refractivity contribution in [1.82, 2.24) is 5.32 Å². The summed E-state index contributed by atoms with van der Waals surface area (Å²) in [4.78, 5) is 25.8. The van der Waals surface area contributed by atoms with Gasteiger partial charge in [0.05, 0.1) is 31.9 Å². The molecule has 0 radical (unpaired) electrons. The van der Waals surface area contributed by atoms with Crippen molar-refractivity contribution in [3.05, 3.63) is 40.3 Å². The zero-order valence-electron chi connectivity index (χ0n) is 17.3. The van der Waals surface area contributed by atoms with Crippen molar-refractivity contribution in [1.29, 1.82) is 0 Å². The summed E-state index contributed by atoms with van der Waals surface area (Å²) >= 11 is 0.985. The monoisotopic (exact) mass is 454 g/mol. The second-order valence-corrected chi connectivity index (χ2v) is 8.55. The van der Waals surface area contributed by atoms with E-state index in [4.69, 9.17) is 15.0 Å². The number of nitrogens with one attached hydrogen (secondary N) is 1. The number of aliphatic hydroxyl groups excluding tert-OH is 3. The first-order valence-electron chi connectivity index (χ1n) is 9.47. The minimum atomic E-state index is -1.76. The van der Waals surface area contributed by atoms with Crippen LogP contribution < -0.4 is 5.32 Å². The Kier molecular flexibility index (Phi) is 8.69. The Hall–Kier alpha value is -2.34. The van der Waals surface area contributed by atoms with Gasteiger partial charge in [-0.2, -0.15) is 0 Å². The number of rotatable bonds is 8. The molecule has 0 aromatic heterocycles. The highest BCUT2D eigenvalue weighted by molar-refractivity contribution is 8.01. The number of hydrogen-bond acceptors (Lipinski definition) is 9. The molecule has 1 heterocycles. The third-order valence-electron chi connectivity index (χ3n) is 4.81. The molecule has 4 N–H and O–H groups in total. The lowest BCUT2D eigenvalue weighted by Gasteiger charge is -2.47. The third kappa shape index (κ3) is 6.10. The van der Waals surface area contributed by atoms with Crippen molar-refractivity contribution >= 4 is 23.6 Å². The standard InChI is InChI=1S/C19H26N4O7S/c1-10-4-6-12(7-5-10)31-19(18(28)29-3)8-13(25)15(22-11(2)24)17(30-19)16(27)14(26)9-21-23-20/h4-7,13-17,25-27H,8-9H2,1-3H3,(H,22,24)/t13-,14+,15+,16+,17+,19+/m0/s1. The van der Waals surface area contributed by atoms with E-state index >= 15 is 0 Å². The smallest absolute Gasteiger partial charge is 0.349 e. The van der Waals surface area contributed by atoms with Crippen LogP contribution in [0.2, 0.25) is 0 Å². The Bertz CT molecular complexity index is 833. The van der Waals surface area contributed by atoms with Crippen LogP contribution >= 0.6 is 11.8 Å². The molecule has 170 valence electrons. The summed E-state index contributed by atoms with van der Waals surface area (Å²) in [5.74, 6) is -1.31. The number of thioether (sulfide) groups is 1. The highest BCUT2D eigenvalue weighted by Gasteiger charge is 2.55. The summed E-state index contributed by atoms with van der Waals surface area (Å²) in [6.07, 6.45) is -6.24. The van der Waals surface area contributed by atoms with Gasteiger partial charge in [0.25, 0.3) is 0 Å². The molecule has 1 aliphatic rings. The maximum atomic E-state index is 12.8. The number of esters is 1. The first kappa shape index (κ1) is 24.9. The molecular weight excluding hydrogens is 428 g/mol. The van der Waals surface area contributed by atoms with Gasteiger partial charge in [0.15, 0.2) is 0 Å². The first-order chi connectivity index (χ1) is 14.6. The van der Waals surface area contributed by atoms with E-state index in [2.05, 4.69) is 15.3 Å². The molecule has 12 heteroatoms. The fourth-order valence-corrected chi connectivity index (χ4v) is 4.53. The maximum Gasteiger partial charge on any atom is 0.349 e. The molecule has 31 heavy (non-hydrogen) atoms. The summed E-state index contributed by atoms with van der Waals surface area (Å²) in [6.45, 7) is 2.65. The van der Waals surface area contributed by atoms with Crippen molar-refractivity contribution < 1.29 is 34.4 Å². The minimum Gasteiger partial charge on any atom is -0.466 e. The number of benzene rings is 1. The molecule has 0 unspecified atom stereocenters. The normalized spacial score (nSPS) is 27.5. The number of carbonyl (C=O) groups excluding carboxylic acids is 2. The molecule has 1 amide bonds. The molecule has 1 fully saturated rings. The number of ether oxygens (including phenoxy) is 2. The number of carbonyl (C=O) groups is 2. The summed E-state index contributed by atoms with van der Waals surface area (Å²) < 4.78 is 10.9. The average Bonchev–Trinajstić information content (AvgIpc) is 2.74. The van der Waals surface area contributed by atoms with Crippen molar-refractivity contribution in [2.75, 3.05) is 13.7 Å². The Balaban J connectivity index is 2.44. The molecule has 11 nitrogen and oxygen atoms in total. The molecule has 0 saturated carbocycles. The van der Waals surface area contributed by atoms with Crippen LogP contribution in [0.4, 0.5) is 0 Å². The van der Waals surface area contributed by atoms with E-state index in [1.54, 1.807) is 12.1 Å². The Labute approximate surface area is 183 Å².